The molecular formula is C17H18O2S. The number of benzene rings is 2. The normalized spacial score (nSPS) is 10.3. The maximum Gasteiger partial charge on any atom is 0.150 e. The van der Waals surface area contributed by atoms with Crippen LogP contribution in [0.15, 0.2) is 42.5 Å². The second kappa shape index (κ2) is 7.15. The van der Waals surface area contributed by atoms with Crippen LogP contribution in [0.25, 0.3) is 0 Å². The third-order valence-corrected chi connectivity index (χ3v) is 4.10. The Kier molecular flexibility index (Phi) is 5.24. The summed E-state index contributed by atoms with van der Waals surface area (Å²) in [4.78, 5) is 10.8. The van der Waals surface area contributed by atoms with Crippen molar-refractivity contribution in [1.29, 1.82) is 0 Å². The molecule has 0 N–H and O–H groups in total. The fourth-order valence-electron chi connectivity index (χ4n) is 2.07. The molecule has 3 heteroatoms. The largest absolute Gasteiger partial charge is 0.496 e. The van der Waals surface area contributed by atoms with E-state index in [9.17, 15) is 4.79 Å². The van der Waals surface area contributed by atoms with E-state index in [-0.39, 0.29) is 0 Å². The van der Waals surface area contributed by atoms with Gasteiger partial charge in [0.05, 0.1) is 7.11 Å². The number of methoxy groups -OCH3 is 1. The molecule has 20 heavy (non-hydrogen) atoms. The summed E-state index contributed by atoms with van der Waals surface area (Å²) in [5.41, 5.74) is 4.36. The first-order valence-electron chi connectivity index (χ1n) is 6.48. The lowest BCUT2D eigenvalue weighted by molar-refractivity contribution is 0.112. The van der Waals surface area contributed by atoms with Crippen molar-refractivity contribution in [1.82, 2.24) is 0 Å². The highest BCUT2D eigenvalue weighted by molar-refractivity contribution is 7.97. The Hall–Kier alpha value is -1.74. The fraction of sp³-hybridized carbons (Fsp3) is 0.235. The fourth-order valence-corrected chi connectivity index (χ4v) is 3.03. The number of aldehydes is 1. The second-order valence-corrected chi connectivity index (χ2v) is 5.66. The van der Waals surface area contributed by atoms with E-state index in [0.717, 1.165) is 29.1 Å². The van der Waals surface area contributed by atoms with Gasteiger partial charge in [-0.15, -0.1) is 0 Å². The molecule has 0 aliphatic carbocycles. The van der Waals surface area contributed by atoms with Crippen LogP contribution in [0.3, 0.4) is 0 Å². The van der Waals surface area contributed by atoms with Gasteiger partial charge >= 0.3 is 0 Å². The summed E-state index contributed by atoms with van der Waals surface area (Å²) < 4.78 is 5.34. The monoisotopic (exact) mass is 286 g/mol. The number of aryl methyl sites for hydroxylation is 1. The molecule has 0 aliphatic heterocycles. The molecule has 0 aromatic heterocycles. The predicted molar refractivity (Wildman–Crippen MR) is 84.6 cm³/mol. The highest BCUT2D eigenvalue weighted by atomic mass is 32.2. The van der Waals surface area contributed by atoms with Gasteiger partial charge in [0.1, 0.15) is 12.0 Å². The molecule has 0 radical (unpaired) electrons. The Morgan fingerprint density at radius 1 is 1.15 bits per heavy atom. The number of thioether (sulfide) groups is 1. The average molecular weight is 286 g/mol. The number of carbonyl (C=O) groups excluding carboxylic acids is 1. The van der Waals surface area contributed by atoms with Crippen molar-refractivity contribution in [2.75, 3.05) is 7.11 Å². The molecule has 0 saturated heterocycles. The molecule has 0 bridgehead atoms. The van der Waals surface area contributed by atoms with Crippen LogP contribution in [0.2, 0.25) is 0 Å². The summed E-state index contributed by atoms with van der Waals surface area (Å²) in [6.07, 6.45) is 0.869. The van der Waals surface area contributed by atoms with E-state index in [4.69, 9.17) is 4.74 Å². The predicted octanol–water partition coefficient (Wildman–Crippen LogP) is 4.25. The van der Waals surface area contributed by atoms with E-state index in [1.54, 1.807) is 13.2 Å². The van der Waals surface area contributed by atoms with E-state index in [2.05, 4.69) is 31.2 Å². The summed E-state index contributed by atoms with van der Waals surface area (Å²) in [6, 6.07) is 14.1. The number of rotatable bonds is 6. The van der Waals surface area contributed by atoms with Crippen LogP contribution in [-0.4, -0.2) is 13.4 Å². The molecule has 2 aromatic rings. The average Bonchev–Trinajstić information content (AvgIpc) is 2.47. The van der Waals surface area contributed by atoms with Gasteiger partial charge in [-0.05, 0) is 30.7 Å². The molecule has 2 nitrogen and oxygen atoms in total. The van der Waals surface area contributed by atoms with Crippen molar-refractivity contribution in [2.45, 2.75) is 18.4 Å². The van der Waals surface area contributed by atoms with Crippen molar-refractivity contribution in [3.63, 3.8) is 0 Å². The van der Waals surface area contributed by atoms with Crippen molar-refractivity contribution < 1.29 is 9.53 Å². The number of hydrogen-bond acceptors (Lipinski definition) is 3. The highest BCUT2D eigenvalue weighted by Crippen LogP contribution is 2.26. The van der Waals surface area contributed by atoms with Gasteiger partial charge in [0.2, 0.25) is 0 Å². The molecule has 0 atom stereocenters. The minimum atomic E-state index is 0.692. The zero-order chi connectivity index (χ0) is 14.4. The summed E-state index contributed by atoms with van der Waals surface area (Å²) >= 11 is 1.82. The second-order valence-electron chi connectivity index (χ2n) is 4.67. The van der Waals surface area contributed by atoms with Gasteiger partial charge in [-0.25, -0.2) is 0 Å². The van der Waals surface area contributed by atoms with E-state index >= 15 is 0 Å². The Morgan fingerprint density at radius 3 is 2.70 bits per heavy atom. The molecule has 0 unspecified atom stereocenters. The van der Waals surface area contributed by atoms with Gasteiger partial charge in [-0.2, -0.15) is 11.8 Å². The first-order valence-corrected chi connectivity index (χ1v) is 7.64. The number of ether oxygens (including phenoxy) is 1. The molecule has 0 fully saturated rings. The van der Waals surface area contributed by atoms with E-state index < -0.39 is 0 Å². The standard InChI is InChI=1S/C17H18O2S/c1-13-4-3-5-15(8-13)11-20-12-16-9-14(10-18)6-7-17(16)19-2/h3-10H,11-12H2,1-2H3. The third-order valence-electron chi connectivity index (χ3n) is 3.05. The Labute approximate surface area is 124 Å². The molecule has 0 amide bonds. The molecule has 2 rings (SSSR count). The first kappa shape index (κ1) is 14.7. The van der Waals surface area contributed by atoms with Crippen LogP contribution in [0.4, 0.5) is 0 Å². The van der Waals surface area contributed by atoms with Crippen LogP contribution < -0.4 is 4.74 Å². The first-order chi connectivity index (χ1) is 9.72. The lowest BCUT2D eigenvalue weighted by Crippen LogP contribution is -1.93. The summed E-state index contributed by atoms with van der Waals surface area (Å²) in [5, 5.41) is 0. The van der Waals surface area contributed by atoms with Crippen LogP contribution in [0.5, 0.6) is 5.75 Å². The van der Waals surface area contributed by atoms with E-state index in [0.29, 0.717) is 5.56 Å². The van der Waals surface area contributed by atoms with Crippen molar-refractivity contribution in [2.24, 2.45) is 0 Å². The topological polar surface area (TPSA) is 26.3 Å². The van der Waals surface area contributed by atoms with Crippen LogP contribution >= 0.6 is 11.8 Å². The lowest BCUT2D eigenvalue weighted by Gasteiger charge is -2.09. The molecule has 2 aromatic carbocycles. The summed E-state index contributed by atoms with van der Waals surface area (Å²) in [6.45, 7) is 2.10. The maximum absolute atomic E-state index is 10.8. The summed E-state index contributed by atoms with van der Waals surface area (Å²) in [5.74, 6) is 2.63. The van der Waals surface area contributed by atoms with Crippen molar-refractivity contribution in [3.05, 3.63) is 64.7 Å². The molecule has 0 saturated carbocycles. The SMILES string of the molecule is COc1ccc(C=O)cc1CSCc1cccc(C)c1. The lowest BCUT2D eigenvalue weighted by atomic mass is 10.1. The van der Waals surface area contributed by atoms with Gasteiger partial charge < -0.3 is 4.74 Å². The van der Waals surface area contributed by atoms with Gasteiger partial charge in [0.15, 0.2) is 0 Å². The highest BCUT2D eigenvalue weighted by Gasteiger charge is 2.05. The van der Waals surface area contributed by atoms with E-state index in [1.165, 1.54) is 11.1 Å². The number of hydrogen-bond donors (Lipinski definition) is 0. The van der Waals surface area contributed by atoms with Gasteiger partial charge in [-0.1, -0.05) is 29.8 Å². The quantitative estimate of drug-likeness (QED) is 0.743. The Balaban J connectivity index is 2.01. The van der Waals surface area contributed by atoms with Gasteiger partial charge in [-0.3, -0.25) is 4.79 Å². The van der Waals surface area contributed by atoms with Crippen molar-refractivity contribution in [3.8, 4) is 5.75 Å². The minimum absolute atomic E-state index is 0.692. The molecule has 0 spiro atoms. The van der Waals surface area contributed by atoms with Gasteiger partial charge in [0, 0.05) is 22.6 Å². The van der Waals surface area contributed by atoms with Gasteiger partial charge in [0.25, 0.3) is 0 Å². The minimum Gasteiger partial charge on any atom is -0.496 e. The Morgan fingerprint density at radius 2 is 2.00 bits per heavy atom. The zero-order valence-electron chi connectivity index (χ0n) is 11.8. The molecular weight excluding hydrogens is 268 g/mol. The smallest absolute Gasteiger partial charge is 0.150 e. The van der Waals surface area contributed by atoms with Crippen LogP contribution in [-0.2, 0) is 11.5 Å². The number of carbonyl (C=O) groups is 1. The molecule has 104 valence electrons. The Bertz CT molecular complexity index is 593. The molecule has 0 heterocycles. The maximum atomic E-state index is 10.8. The van der Waals surface area contributed by atoms with Crippen LogP contribution in [0.1, 0.15) is 27.0 Å². The van der Waals surface area contributed by atoms with E-state index in [1.807, 2.05) is 23.9 Å². The third kappa shape index (κ3) is 3.87. The van der Waals surface area contributed by atoms with Crippen LogP contribution in [0, 0.1) is 6.92 Å². The molecule has 0 aliphatic rings. The summed E-state index contributed by atoms with van der Waals surface area (Å²) in [7, 11) is 1.66. The van der Waals surface area contributed by atoms with Crippen molar-refractivity contribution >= 4 is 18.0 Å². The zero-order valence-corrected chi connectivity index (χ0v) is 12.6.